The predicted molar refractivity (Wildman–Crippen MR) is 76.3 cm³/mol. The third-order valence-corrected chi connectivity index (χ3v) is 3.54. The number of rotatable bonds is 5. The van der Waals surface area contributed by atoms with Crippen LogP contribution in [-0.4, -0.2) is 25.5 Å². The summed E-state index contributed by atoms with van der Waals surface area (Å²) in [5.74, 6) is 0.342. The molecule has 1 aromatic carbocycles. The smallest absolute Gasteiger partial charge is 0.504 e. The molecule has 0 atom stereocenters. The van der Waals surface area contributed by atoms with Crippen molar-refractivity contribution < 1.29 is 28.8 Å². The maximum atomic E-state index is 11.5. The van der Waals surface area contributed by atoms with Crippen LogP contribution in [0.25, 0.3) is 0 Å². The van der Waals surface area contributed by atoms with Crippen molar-refractivity contribution in [3.63, 3.8) is 0 Å². The molecule has 6 nitrogen and oxygen atoms in total. The molecule has 0 unspecified atom stereocenters. The van der Waals surface area contributed by atoms with Gasteiger partial charge >= 0.3 is 6.16 Å². The molecule has 2 aromatic rings. The van der Waals surface area contributed by atoms with Gasteiger partial charge in [-0.05, 0) is 24.3 Å². The molecule has 1 N–H and O–H groups in total. The van der Waals surface area contributed by atoms with Crippen molar-refractivity contribution in [2.45, 2.75) is 6.61 Å². The molecule has 0 aliphatic rings. The Morgan fingerprint density at radius 2 is 2.00 bits per heavy atom. The van der Waals surface area contributed by atoms with Crippen LogP contribution in [0.1, 0.15) is 4.88 Å². The minimum absolute atomic E-state index is 0.0923. The van der Waals surface area contributed by atoms with Crippen LogP contribution >= 0.6 is 11.3 Å². The second-order valence-corrected chi connectivity index (χ2v) is 5.03. The molecule has 0 radical (unpaired) electrons. The number of hydrogen-bond donors (Lipinski definition) is 1. The minimum Gasteiger partial charge on any atom is -0.504 e. The van der Waals surface area contributed by atoms with Crippen LogP contribution in [0.5, 0.6) is 22.3 Å². The molecule has 0 amide bonds. The monoisotopic (exact) mass is 310 g/mol. The van der Waals surface area contributed by atoms with Crippen LogP contribution in [0.4, 0.5) is 4.79 Å². The molecule has 0 saturated carbocycles. The average molecular weight is 310 g/mol. The van der Waals surface area contributed by atoms with Crippen molar-refractivity contribution in [3.8, 4) is 22.3 Å². The third kappa shape index (κ3) is 4.03. The molecule has 0 aliphatic heterocycles. The summed E-state index contributed by atoms with van der Waals surface area (Å²) in [7, 11) is 3.00. The van der Waals surface area contributed by atoms with Gasteiger partial charge in [0.15, 0.2) is 16.6 Å². The summed E-state index contributed by atoms with van der Waals surface area (Å²) in [4.78, 5) is 12.4. The van der Waals surface area contributed by atoms with Gasteiger partial charge in [-0.25, -0.2) is 4.79 Å². The first-order valence-electron chi connectivity index (χ1n) is 5.96. The standard InChI is InChI=1S/C14H14O6S/c1-17-12-5-3-9(7-11(12)15)20-14(16)19-8-10-4-6-13(18-2)21-10/h3-7,15H,8H2,1-2H3. The van der Waals surface area contributed by atoms with Gasteiger partial charge in [0, 0.05) is 10.9 Å². The predicted octanol–water partition coefficient (Wildman–Crippen LogP) is 3.19. The fraction of sp³-hybridized carbons (Fsp3) is 0.214. The van der Waals surface area contributed by atoms with Crippen LogP contribution in [0.2, 0.25) is 0 Å². The van der Waals surface area contributed by atoms with Crippen molar-refractivity contribution in [2.75, 3.05) is 14.2 Å². The summed E-state index contributed by atoms with van der Waals surface area (Å²) >= 11 is 1.38. The lowest BCUT2D eigenvalue weighted by Crippen LogP contribution is -2.09. The van der Waals surface area contributed by atoms with Gasteiger partial charge < -0.3 is 24.1 Å². The van der Waals surface area contributed by atoms with Crippen LogP contribution < -0.4 is 14.2 Å². The molecule has 21 heavy (non-hydrogen) atoms. The van der Waals surface area contributed by atoms with E-state index in [1.165, 1.54) is 36.6 Å². The van der Waals surface area contributed by atoms with E-state index in [1.54, 1.807) is 19.2 Å². The zero-order valence-electron chi connectivity index (χ0n) is 11.5. The number of carbonyl (C=O) groups excluding carboxylic acids is 1. The Hall–Kier alpha value is -2.41. The summed E-state index contributed by atoms with van der Waals surface area (Å²) in [6.07, 6.45) is -0.855. The number of aromatic hydroxyl groups is 1. The van der Waals surface area contributed by atoms with Crippen molar-refractivity contribution in [2.24, 2.45) is 0 Å². The lowest BCUT2D eigenvalue weighted by atomic mass is 10.3. The minimum atomic E-state index is -0.855. The molecule has 1 aromatic heterocycles. The normalized spacial score (nSPS) is 10.0. The lowest BCUT2D eigenvalue weighted by Gasteiger charge is -2.07. The second-order valence-electron chi connectivity index (χ2n) is 3.90. The second kappa shape index (κ2) is 6.85. The highest BCUT2D eigenvalue weighted by molar-refractivity contribution is 7.13. The number of phenolic OH excluding ortho intramolecular Hbond substituents is 1. The first-order valence-corrected chi connectivity index (χ1v) is 6.78. The van der Waals surface area contributed by atoms with Gasteiger partial charge in [-0.1, -0.05) is 0 Å². The Bertz CT molecular complexity index is 622. The molecular weight excluding hydrogens is 296 g/mol. The molecule has 1 heterocycles. The molecule has 0 spiro atoms. The third-order valence-electron chi connectivity index (χ3n) is 2.52. The molecule has 2 rings (SSSR count). The van der Waals surface area contributed by atoms with Crippen molar-refractivity contribution in [1.82, 2.24) is 0 Å². The van der Waals surface area contributed by atoms with Crippen LogP contribution in [0.3, 0.4) is 0 Å². The van der Waals surface area contributed by atoms with Gasteiger partial charge in [-0.2, -0.15) is 0 Å². The van der Waals surface area contributed by atoms with E-state index >= 15 is 0 Å². The van der Waals surface area contributed by atoms with E-state index in [1.807, 2.05) is 0 Å². The molecule has 7 heteroatoms. The number of carbonyl (C=O) groups is 1. The molecule has 0 saturated heterocycles. The van der Waals surface area contributed by atoms with Gasteiger partial charge in [0.25, 0.3) is 0 Å². The van der Waals surface area contributed by atoms with Gasteiger partial charge in [0.2, 0.25) is 0 Å². The first-order chi connectivity index (χ1) is 10.1. The number of ether oxygens (including phenoxy) is 4. The number of hydrogen-bond acceptors (Lipinski definition) is 7. The largest absolute Gasteiger partial charge is 0.514 e. The van der Waals surface area contributed by atoms with Gasteiger partial charge in [0.1, 0.15) is 12.4 Å². The van der Waals surface area contributed by atoms with Crippen molar-refractivity contribution in [1.29, 1.82) is 0 Å². The summed E-state index contributed by atoms with van der Waals surface area (Å²) in [5, 5.41) is 10.3. The van der Waals surface area contributed by atoms with Crippen LogP contribution in [-0.2, 0) is 11.3 Å². The number of phenols is 1. The number of methoxy groups -OCH3 is 2. The van der Waals surface area contributed by atoms with Crippen LogP contribution in [0.15, 0.2) is 30.3 Å². The van der Waals surface area contributed by atoms with E-state index in [2.05, 4.69) is 0 Å². The summed E-state index contributed by atoms with van der Waals surface area (Å²) in [6, 6.07) is 7.84. The summed E-state index contributed by atoms with van der Waals surface area (Å²) in [6.45, 7) is 0.0923. The van der Waals surface area contributed by atoms with Crippen molar-refractivity contribution >= 4 is 17.5 Å². The first kappa shape index (κ1) is 15.0. The highest BCUT2D eigenvalue weighted by Gasteiger charge is 2.10. The fourth-order valence-corrected chi connectivity index (χ4v) is 2.27. The van der Waals surface area contributed by atoms with E-state index in [0.717, 1.165) is 9.94 Å². The summed E-state index contributed by atoms with van der Waals surface area (Å²) < 4.78 is 19.8. The van der Waals surface area contributed by atoms with Gasteiger partial charge in [-0.3, -0.25) is 0 Å². The average Bonchev–Trinajstić information content (AvgIpc) is 2.93. The van der Waals surface area contributed by atoms with E-state index in [4.69, 9.17) is 18.9 Å². The Balaban J connectivity index is 1.88. The number of benzene rings is 1. The zero-order chi connectivity index (χ0) is 15.2. The van der Waals surface area contributed by atoms with E-state index in [9.17, 15) is 9.90 Å². The molecular formula is C14H14O6S. The Kier molecular flexibility index (Phi) is 4.89. The Labute approximate surface area is 125 Å². The SMILES string of the molecule is COc1ccc(COC(=O)Oc2ccc(OC)c(O)c2)s1. The molecule has 0 bridgehead atoms. The molecule has 112 valence electrons. The lowest BCUT2D eigenvalue weighted by molar-refractivity contribution is 0.0936. The van der Waals surface area contributed by atoms with Gasteiger partial charge in [0.05, 0.1) is 14.2 Å². The van der Waals surface area contributed by atoms with E-state index in [-0.39, 0.29) is 18.1 Å². The Morgan fingerprint density at radius 3 is 2.62 bits per heavy atom. The fourth-order valence-electron chi connectivity index (χ4n) is 1.53. The maximum absolute atomic E-state index is 11.5. The van der Waals surface area contributed by atoms with E-state index < -0.39 is 6.16 Å². The number of thiophene rings is 1. The van der Waals surface area contributed by atoms with Crippen molar-refractivity contribution in [3.05, 3.63) is 35.2 Å². The molecule has 0 fully saturated rings. The quantitative estimate of drug-likeness (QED) is 0.675. The maximum Gasteiger partial charge on any atom is 0.514 e. The van der Waals surface area contributed by atoms with Gasteiger partial charge in [-0.15, -0.1) is 11.3 Å². The zero-order valence-corrected chi connectivity index (χ0v) is 12.3. The highest BCUT2D eigenvalue weighted by Crippen LogP contribution is 2.30. The summed E-state index contributed by atoms with van der Waals surface area (Å²) in [5.41, 5.74) is 0. The highest BCUT2D eigenvalue weighted by atomic mass is 32.1. The van der Waals surface area contributed by atoms with E-state index in [0.29, 0.717) is 5.75 Å². The van der Waals surface area contributed by atoms with Crippen LogP contribution in [0, 0.1) is 0 Å². The topological polar surface area (TPSA) is 74.2 Å². The Morgan fingerprint density at radius 1 is 1.19 bits per heavy atom. The molecule has 0 aliphatic carbocycles.